The molecule has 0 spiro atoms. The van der Waals surface area contributed by atoms with Crippen molar-refractivity contribution >= 4 is 24.5 Å². The van der Waals surface area contributed by atoms with E-state index in [1.807, 2.05) is 20.8 Å². The zero-order valence-electron chi connectivity index (χ0n) is 23.3. The summed E-state index contributed by atoms with van der Waals surface area (Å²) >= 11 is -2.88. The summed E-state index contributed by atoms with van der Waals surface area (Å²) in [7, 11) is 0. The van der Waals surface area contributed by atoms with Crippen molar-refractivity contribution in [2.45, 2.75) is 149 Å². The zero-order chi connectivity index (χ0) is 24.7. The van der Waals surface area contributed by atoms with Crippen LogP contribution < -0.4 is 0 Å². The molecule has 4 nitrogen and oxygen atoms in total. The van der Waals surface area contributed by atoms with E-state index in [0.29, 0.717) is 5.92 Å². The van der Waals surface area contributed by atoms with Crippen LogP contribution in [0.4, 0.5) is 4.79 Å². The summed E-state index contributed by atoms with van der Waals surface area (Å²) in [5, 5.41) is 0. The molecule has 0 N–H and O–H groups in total. The first-order valence-electron chi connectivity index (χ1n) is 14.1. The second-order valence-electron chi connectivity index (χ2n) is 13.2. The second kappa shape index (κ2) is 10.2. The number of hydrogen-bond donors (Lipinski definition) is 0. The third-order valence-electron chi connectivity index (χ3n) is 9.79. The van der Waals surface area contributed by atoms with Crippen LogP contribution >= 0.6 is 0 Å². The minimum absolute atomic E-state index is 0.0461. The first-order valence-corrected chi connectivity index (χ1v) is 21.8. The topological polar surface area (TPSA) is 38.8 Å². The fourth-order valence-electron chi connectivity index (χ4n) is 7.54. The number of carbonyl (C=O) groups is 1. The number of amides is 1. The van der Waals surface area contributed by atoms with E-state index in [9.17, 15) is 4.79 Å². The van der Waals surface area contributed by atoms with Gasteiger partial charge in [-0.1, -0.05) is 0 Å². The van der Waals surface area contributed by atoms with E-state index in [1.165, 1.54) is 64.7 Å². The molecule has 2 aliphatic carbocycles. The first kappa shape index (κ1) is 27.6. The molecule has 5 atom stereocenters. The van der Waals surface area contributed by atoms with Gasteiger partial charge in [0.05, 0.1) is 0 Å². The Morgan fingerprint density at radius 1 is 1.00 bits per heavy atom. The third kappa shape index (κ3) is 4.87. The normalized spacial score (nSPS) is 32.9. The summed E-state index contributed by atoms with van der Waals surface area (Å²) in [5.74, 6) is 0.551. The fourth-order valence-corrected chi connectivity index (χ4v) is 24.6. The average molecular weight is 570 g/mol. The molecule has 3 fully saturated rings. The van der Waals surface area contributed by atoms with E-state index in [0.717, 1.165) is 0 Å². The van der Waals surface area contributed by atoms with Crippen molar-refractivity contribution in [3.05, 3.63) is 0 Å². The molecule has 1 saturated heterocycles. The molecule has 33 heavy (non-hydrogen) atoms. The summed E-state index contributed by atoms with van der Waals surface area (Å²) < 4.78 is 17.5. The van der Waals surface area contributed by atoms with Crippen LogP contribution in [-0.2, 0) is 9.47 Å². The van der Waals surface area contributed by atoms with Crippen LogP contribution in [-0.4, -0.2) is 51.4 Å². The first-order chi connectivity index (χ1) is 15.4. The van der Waals surface area contributed by atoms with Gasteiger partial charge >= 0.3 is 209 Å². The van der Waals surface area contributed by atoms with Gasteiger partial charge in [-0.15, -0.1) is 0 Å². The number of carbonyl (C=O) groups excluding carboxylic acids is 1. The fraction of sp³-hybridized carbons (Fsp3) is 0.964. The van der Waals surface area contributed by atoms with Crippen LogP contribution in [0, 0.1) is 16.7 Å². The second-order valence-corrected chi connectivity index (χ2v) is 26.7. The average Bonchev–Trinajstić information content (AvgIpc) is 3.28. The summed E-state index contributed by atoms with van der Waals surface area (Å²) in [6, 6.07) is 0.173. The molecule has 0 aromatic carbocycles. The number of rotatable bonds is 10. The molecular formula is C28H53NO3Sn. The van der Waals surface area contributed by atoms with Gasteiger partial charge in [0.15, 0.2) is 0 Å². The molecule has 2 saturated carbocycles. The maximum atomic E-state index is 14.0. The summed E-state index contributed by atoms with van der Waals surface area (Å²) in [5.41, 5.74) is -0.184. The molecule has 0 radical (unpaired) electrons. The van der Waals surface area contributed by atoms with Crippen molar-refractivity contribution in [2.24, 2.45) is 16.7 Å². The number of fused-ring (bicyclic) bond motifs is 5. The standard InChI is InChI=1S/C16H26NO3.3C4H9.Sn/c1-14(2,3)20-13(18)17-9-19-11-10-7-8-16(6,12(11)17)15(10,4)5;3*1-3-4-2;/h9-12H,7-8H2,1-6H3;3*1,3-4H2,2H3;/t10-,11-,12-,16+;;;;/m1..../s1. The van der Waals surface area contributed by atoms with Gasteiger partial charge in [-0.3, -0.25) is 0 Å². The van der Waals surface area contributed by atoms with Gasteiger partial charge in [-0.05, 0) is 0 Å². The molecule has 5 heteroatoms. The Labute approximate surface area is 208 Å². The van der Waals surface area contributed by atoms with Gasteiger partial charge in [-0.2, -0.15) is 0 Å². The van der Waals surface area contributed by atoms with Gasteiger partial charge in [-0.25, -0.2) is 0 Å². The summed E-state index contributed by atoms with van der Waals surface area (Å²) in [6.45, 7) is 20.3. The van der Waals surface area contributed by atoms with E-state index >= 15 is 0 Å². The molecule has 1 amide bonds. The summed E-state index contributed by atoms with van der Waals surface area (Å²) in [4.78, 5) is 16.2. The van der Waals surface area contributed by atoms with Gasteiger partial charge < -0.3 is 0 Å². The van der Waals surface area contributed by atoms with Crippen molar-refractivity contribution in [1.29, 1.82) is 0 Å². The summed E-state index contributed by atoms with van der Waals surface area (Å²) in [6.07, 6.45) is 10.1. The van der Waals surface area contributed by atoms with Crippen molar-refractivity contribution < 1.29 is 14.3 Å². The van der Waals surface area contributed by atoms with Crippen molar-refractivity contribution in [2.75, 3.05) is 0 Å². The Morgan fingerprint density at radius 3 is 1.97 bits per heavy atom. The van der Waals surface area contributed by atoms with Gasteiger partial charge in [0.25, 0.3) is 0 Å². The number of ether oxygens (including phenoxy) is 2. The SMILES string of the molecule is CCC[CH2][Sn]([CH2]CCC)([CH2]CCC)[C@@H]1O[C@@H]2[C@H]3CC[C@@](C)([C@@H]2N1C(=O)OC(C)(C)C)C3(C)C. The van der Waals surface area contributed by atoms with Crippen LogP contribution in [0.5, 0.6) is 0 Å². The molecular weight excluding hydrogens is 517 g/mol. The molecule has 0 aromatic rings. The van der Waals surface area contributed by atoms with E-state index in [4.69, 9.17) is 9.47 Å². The number of unbranched alkanes of at least 4 members (excludes halogenated alkanes) is 3. The molecule has 3 aliphatic rings. The molecule has 0 aromatic heterocycles. The van der Waals surface area contributed by atoms with Crippen LogP contribution in [0.2, 0.25) is 13.3 Å². The predicted molar refractivity (Wildman–Crippen MR) is 140 cm³/mol. The molecule has 3 rings (SSSR count). The predicted octanol–water partition coefficient (Wildman–Crippen LogP) is 8.16. The Balaban J connectivity index is 2.07. The quantitative estimate of drug-likeness (QED) is 0.249. The van der Waals surface area contributed by atoms with Crippen LogP contribution in [0.15, 0.2) is 0 Å². The Bertz CT molecular complexity index is 665. The minimum atomic E-state index is -2.88. The third-order valence-corrected chi connectivity index (χ3v) is 25.5. The van der Waals surface area contributed by atoms with Crippen LogP contribution in [0.3, 0.4) is 0 Å². The number of nitrogens with zero attached hydrogens (tertiary/aromatic N) is 1. The molecule has 1 aliphatic heterocycles. The van der Waals surface area contributed by atoms with Crippen molar-refractivity contribution in [3.8, 4) is 0 Å². The molecule has 0 unspecified atom stereocenters. The van der Waals surface area contributed by atoms with E-state index in [1.54, 1.807) is 0 Å². The van der Waals surface area contributed by atoms with E-state index in [-0.39, 0.29) is 33.3 Å². The van der Waals surface area contributed by atoms with Crippen molar-refractivity contribution in [1.82, 2.24) is 4.90 Å². The maximum absolute atomic E-state index is 14.0. The van der Waals surface area contributed by atoms with Crippen LogP contribution in [0.1, 0.15) is 114 Å². The van der Waals surface area contributed by atoms with E-state index in [2.05, 4.69) is 46.4 Å². The Morgan fingerprint density at radius 2 is 1.52 bits per heavy atom. The Hall–Kier alpha value is 0.0287. The van der Waals surface area contributed by atoms with Gasteiger partial charge in [0, 0.05) is 0 Å². The monoisotopic (exact) mass is 571 g/mol. The molecule has 2 bridgehead atoms. The van der Waals surface area contributed by atoms with Crippen molar-refractivity contribution in [3.63, 3.8) is 0 Å². The molecule has 1 heterocycles. The Kier molecular flexibility index (Phi) is 8.52. The van der Waals surface area contributed by atoms with Gasteiger partial charge in [0.1, 0.15) is 0 Å². The molecule has 192 valence electrons. The van der Waals surface area contributed by atoms with Crippen LogP contribution in [0.25, 0.3) is 0 Å². The van der Waals surface area contributed by atoms with Gasteiger partial charge in [0.2, 0.25) is 0 Å². The number of hydrogen-bond acceptors (Lipinski definition) is 3. The zero-order valence-corrected chi connectivity index (χ0v) is 26.1. The van der Waals surface area contributed by atoms with E-state index < -0.39 is 24.0 Å².